The lowest BCUT2D eigenvalue weighted by atomic mass is 10.0. The first-order valence-electron chi connectivity index (χ1n) is 6.16. The van der Waals surface area contributed by atoms with Gasteiger partial charge < -0.3 is 0 Å². The van der Waals surface area contributed by atoms with E-state index in [0.29, 0.717) is 17.0 Å². The van der Waals surface area contributed by atoms with Crippen molar-refractivity contribution in [3.05, 3.63) is 68.7 Å². The first kappa shape index (κ1) is 14.3. The highest BCUT2D eigenvalue weighted by Gasteiger charge is 2.11. The van der Waals surface area contributed by atoms with Crippen molar-refractivity contribution in [1.29, 1.82) is 0 Å². The van der Waals surface area contributed by atoms with Crippen molar-refractivity contribution in [2.24, 2.45) is 0 Å². The number of rotatable bonds is 4. The quantitative estimate of drug-likeness (QED) is 0.710. The molecule has 3 heteroatoms. The summed E-state index contributed by atoms with van der Waals surface area (Å²) >= 11 is 9.42. The van der Waals surface area contributed by atoms with Crippen LogP contribution in [0.3, 0.4) is 0 Å². The van der Waals surface area contributed by atoms with E-state index in [1.54, 1.807) is 12.1 Å². The van der Waals surface area contributed by atoms with Crippen LogP contribution < -0.4 is 0 Å². The summed E-state index contributed by atoms with van der Waals surface area (Å²) in [6.45, 7) is 2.11. The monoisotopic (exact) mass is 336 g/mol. The Bertz CT molecular complexity index is 590. The third-order valence-electron chi connectivity index (χ3n) is 3.03. The maximum Gasteiger partial charge on any atom is 0.168 e. The van der Waals surface area contributed by atoms with Gasteiger partial charge in [-0.15, -0.1) is 0 Å². The predicted molar refractivity (Wildman–Crippen MR) is 83.0 cm³/mol. The Hall–Kier alpha value is -1.12. The number of carbonyl (C=O) groups is 1. The average Bonchev–Trinajstić information content (AvgIpc) is 2.39. The van der Waals surface area contributed by atoms with Crippen LogP contribution in [0.5, 0.6) is 0 Å². The fourth-order valence-corrected chi connectivity index (χ4v) is 2.67. The molecule has 0 bridgehead atoms. The Balaban J connectivity index is 2.15. The highest BCUT2D eigenvalue weighted by atomic mass is 79.9. The van der Waals surface area contributed by atoms with Gasteiger partial charge in [-0.05, 0) is 35.7 Å². The molecule has 0 aliphatic rings. The second-order valence-electron chi connectivity index (χ2n) is 4.39. The maximum atomic E-state index is 12.2. The van der Waals surface area contributed by atoms with Gasteiger partial charge in [0.1, 0.15) is 0 Å². The van der Waals surface area contributed by atoms with E-state index in [-0.39, 0.29) is 5.78 Å². The summed E-state index contributed by atoms with van der Waals surface area (Å²) in [5, 5.41) is 0.490. The van der Waals surface area contributed by atoms with Crippen LogP contribution in [0.15, 0.2) is 46.9 Å². The Labute approximate surface area is 126 Å². The summed E-state index contributed by atoms with van der Waals surface area (Å²) < 4.78 is 0.876. The SMILES string of the molecule is CCc1ccc(CC(=O)c2ccc(Br)cc2Cl)cc1. The van der Waals surface area contributed by atoms with Gasteiger partial charge in [0, 0.05) is 16.5 Å². The maximum absolute atomic E-state index is 12.2. The van der Waals surface area contributed by atoms with Crippen LogP contribution in [0.2, 0.25) is 5.02 Å². The lowest BCUT2D eigenvalue weighted by molar-refractivity contribution is 0.0993. The van der Waals surface area contributed by atoms with Crippen LogP contribution >= 0.6 is 27.5 Å². The Morgan fingerprint density at radius 1 is 1.11 bits per heavy atom. The van der Waals surface area contributed by atoms with E-state index in [4.69, 9.17) is 11.6 Å². The van der Waals surface area contributed by atoms with E-state index < -0.39 is 0 Å². The fourth-order valence-electron chi connectivity index (χ4n) is 1.89. The van der Waals surface area contributed by atoms with Crippen molar-refractivity contribution >= 4 is 33.3 Å². The summed E-state index contributed by atoms with van der Waals surface area (Å²) in [4.78, 5) is 12.2. The molecule has 2 rings (SSSR count). The zero-order valence-corrected chi connectivity index (χ0v) is 13.0. The molecule has 2 aromatic carbocycles. The van der Waals surface area contributed by atoms with Crippen molar-refractivity contribution in [2.45, 2.75) is 19.8 Å². The molecule has 0 heterocycles. The van der Waals surface area contributed by atoms with Gasteiger partial charge in [-0.2, -0.15) is 0 Å². The number of hydrogen-bond donors (Lipinski definition) is 0. The highest BCUT2D eigenvalue weighted by Crippen LogP contribution is 2.22. The van der Waals surface area contributed by atoms with Crippen LogP contribution in [0.1, 0.15) is 28.4 Å². The van der Waals surface area contributed by atoms with Crippen LogP contribution in [0.4, 0.5) is 0 Å². The average molecular weight is 338 g/mol. The highest BCUT2D eigenvalue weighted by molar-refractivity contribution is 9.10. The van der Waals surface area contributed by atoms with E-state index in [9.17, 15) is 4.79 Å². The van der Waals surface area contributed by atoms with Crippen molar-refractivity contribution < 1.29 is 4.79 Å². The third kappa shape index (κ3) is 3.68. The molecular weight excluding hydrogens is 324 g/mol. The van der Waals surface area contributed by atoms with Gasteiger partial charge in [0.15, 0.2) is 5.78 Å². The molecule has 0 unspecified atom stereocenters. The van der Waals surface area contributed by atoms with Gasteiger partial charge in [0.25, 0.3) is 0 Å². The minimum Gasteiger partial charge on any atom is -0.294 e. The molecule has 98 valence electrons. The van der Waals surface area contributed by atoms with Crippen LogP contribution in [-0.2, 0) is 12.8 Å². The topological polar surface area (TPSA) is 17.1 Å². The molecule has 0 saturated heterocycles. The lowest BCUT2D eigenvalue weighted by Crippen LogP contribution is -2.04. The van der Waals surface area contributed by atoms with E-state index in [0.717, 1.165) is 16.5 Å². The van der Waals surface area contributed by atoms with Gasteiger partial charge >= 0.3 is 0 Å². The molecule has 0 N–H and O–H groups in total. The molecule has 0 amide bonds. The van der Waals surface area contributed by atoms with Gasteiger partial charge in [-0.25, -0.2) is 0 Å². The largest absolute Gasteiger partial charge is 0.294 e. The Morgan fingerprint density at radius 2 is 1.74 bits per heavy atom. The summed E-state index contributed by atoms with van der Waals surface area (Å²) in [7, 11) is 0. The summed E-state index contributed by atoms with van der Waals surface area (Å²) in [5.41, 5.74) is 2.86. The second-order valence-corrected chi connectivity index (χ2v) is 5.72. The van der Waals surface area contributed by atoms with Gasteiger partial charge in [0.2, 0.25) is 0 Å². The predicted octanol–water partition coefficient (Wildman–Crippen LogP) is 5.09. The molecule has 1 nitrogen and oxygen atoms in total. The molecule has 0 aliphatic heterocycles. The lowest BCUT2D eigenvalue weighted by Gasteiger charge is -2.05. The van der Waals surface area contributed by atoms with Gasteiger partial charge in [-0.3, -0.25) is 4.79 Å². The van der Waals surface area contributed by atoms with E-state index in [1.165, 1.54) is 5.56 Å². The zero-order valence-electron chi connectivity index (χ0n) is 10.6. The Kier molecular flexibility index (Phi) is 4.78. The van der Waals surface area contributed by atoms with Crippen molar-refractivity contribution in [3.63, 3.8) is 0 Å². The number of halogens is 2. The molecule has 0 saturated carbocycles. The molecule has 0 radical (unpaired) electrons. The number of benzene rings is 2. The van der Waals surface area contributed by atoms with E-state index in [2.05, 4.69) is 35.0 Å². The van der Waals surface area contributed by atoms with Crippen LogP contribution in [0.25, 0.3) is 0 Å². The molecule has 0 spiro atoms. The van der Waals surface area contributed by atoms with Crippen LogP contribution in [0, 0.1) is 0 Å². The van der Waals surface area contributed by atoms with Crippen molar-refractivity contribution in [2.75, 3.05) is 0 Å². The van der Waals surface area contributed by atoms with Crippen molar-refractivity contribution in [3.8, 4) is 0 Å². The normalized spacial score (nSPS) is 10.5. The summed E-state index contributed by atoms with van der Waals surface area (Å²) in [5.74, 6) is 0.0433. The molecule has 0 aliphatic carbocycles. The molecule has 19 heavy (non-hydrogen) atoms. The Morgan fingerprint density at radius 3 is 2.32 bits per heavy atom. The number of Topliss-reactive ketones (excluding diaryl/α,β-unsaturated/α-hetero) is 1. The van der Waals surface area contributed by atoms with Gasteiger partial charge in [-0.1, -0.05) is 58.7 Å². The number of aryl methyl sites for hydroxylation is 1. The standard InChI is InChI=1S/C16H14BrClO/c1-2-11-3-5-12(6-4-11)9-16(19)14-8-7-13(17)10-15(14)18/h3-8,10H,2,9H2,1H3. The first-order valence-corrected chi connectivity index (χ1v) is 7.33. The summed E-state index contributed by atoms with van der Waals surface area (Å²) in [6, 6.07) is 13.5. The number of ketones is 1. The minimum absolute atomic E-state index is 0.0433. The smallest absolute Gasteiger partial charge is 0.168 e. The molecule has 0 fully saturated rings. The van der Waals surface area contributed by atoms with E-state index >= 15 is 0 Å². The summed E-state index contributed by atoms with van der Waals surface area (Å²) in [6.07, 6.45) is 1.39. The van der Waals surface area contributed by atoms with Crippen molar-refractivity contribution in [1.82, 2.24) is 0 Å². The van der Waals surface area contributed by atoms with Crippen LogP contribution in [-0.4, -0.2) is 5.78 Å². The minimum atomic E-state index is 0.0433. The number of carbonyl (C=O) groups excluding carboxylic acids is 1. The first-order chi connectivity index (χ1) is 9.10. The van der Waals surface area contributed by atoms with Gasteiger partial charge in [0.05, 0.1) is 5.02 Å². The third-order valence-corrected chi connectivity index (χ3v) is 3.83. The second kappa shape index (κ2) is 6.36. The molecular formula is C16H14BrClO. The number of hydrogen-bond acceptors (Lipinski definition) is 1. The zero-order chi connectivity index (χ0) is 13.8. The molecule has 2 aromatic rings. The molecule has 0 atom stereocenters. The fraction of sp³-hybridized carbons (Fsp3) is 0.188. The van der Waals surface area contributed by atoms with E-state index in [1.807, 2.05) is 18.2 Å². The molecule has 0 aromatic heterocycles.